The van der Waals surface area contributed by atoms with Crippen LogP contribution in [0.1, 0.15) is 54.0 Å². The molecule has 1 fully saturated rings. The van der Waals surface area contributed by atoms with E-state index >= 15 is 0 Å². The second-order valence-electron chi connectivity index (χ2n) is 6.09. The highest BCUT2D eigenvalue weighted by atomic mass is 16.7. The van der Waals surface area contributed by atoms with Gasteiger partial charge in [0.2, 0.25) is 0 Å². The summed E-state index contributed by atoms with van der Waals surface area (Å²) in [5.41, 5.74) is 0.240. The monoisotopic (exact) mass is 250 g/mol. The van der Waals surface area contributed by atoms with E-state index in [0.717, 1.165) is 12.0 Å². The lowest BCUT2D eigenvalue weighted by molar-refractivity contribution is 0.00578. The third-order valence-corrected chi connectivity index (χ3v) is 4.22. The highest BCUT2D eigenvalue weighted by Crippen LogP contribution is 2.36. The van der Waals surface area contributed by atoms with Crippen molar-refractivity contribution in [3.63, 3.8) is 0 Å². The molecule has 1 aliphatic rings. The highest BCUT2D eigenvalue weighted by Gasteiger charge is 2.52. The molecular weight excluding hydrogens is 227 g/mol. The maximum absolute atomic E-state index is 5.98. The van der Waals surface area contributed by atoms with Gasteiger partial charge in [-0.3, -0.25) is 0 Å². The summed E-state index contributed by atoms with van der Waals surface area (Å²) < 4.78 is 14.1. The van der Waals surface area contributed by atoms with Crippen molar-refractivity contribution in [2.45, 2.75) is 65.2 Å². The van der Waals surface area contributed by atoms with Gasteiger partial charge in [-0.25, -0.2) is 4.98 Å². The lowest BCUT2D eigenvalue weighted by Crippen LogP contribution is -2.41. The average molecular weight is 250 g/mol. The Morgan fingerprint density at radius 2 is 1.83 bits per heavy atom. The first-order chi connectivity index (χ1) is 8.27. The van der Waals surface area contributed by atoms with E-state index in [2.05, 4.69) is 51.1 Å². The lowest BCUT2D eigenvalue weighted by atomic mass is 9.86. The van der Waals surface area contributed by atoms with Crippen molar-refractivity contribution in [2.75, 3.05) is 0 Å². The van der Waals surface area contributed by atoms with E-state index < -0.39 is 0 Å². The maximum Gasteiger partial charge on any atom is 0.516 e. The van der Waals surface area contributed by atoms with Crippen molar-refractivity contribution < 1.29 is 9.31 Å². The summed E-state index contributed by atoms with van der Waals surface area (Å²) in [4.78, 5) is 4.41. The quantitative estimate of drug-likeness (QED) is 0.771. The molecule has 0 saturated carbocycles. The Balaban J connectivity index is 2.17. The number of rotatable bonds is 3. The standard InChI is InChI=1S/C13H23BN2O2/c1-7-10(2)16-8-11(15-9-16)14-17-12(3,4)13(5,6)18-14/h8-10H,7H2,1-6H3. The van der Waals surface area contributed by atoms with Crippen molar-refractivity contribution >= 4 is 12.7 Å². The third-order valence-electron chi connectivity index (χ3n) is 4.22. The van der Waals surface area contributed by atoms with Crippen molar-refractivity contribution in [2.24, 2.45) is 0 Å². The van der Waals surface area contributed by atoms with E-state index in [1.54, 1.807) is 0 Å². The van der Waals surface area contributed by atoms with Crippen LogP contribution < -0.4 is 5.59 Å². The van der Waals surface area contributed by atoms with Crippen molar-refractivity contribution in [3.8, 4) is 0 Å². The van der Waals surface area contributed by atoms with Gasteiger partial charge in [-0.1, -0.05) is 6.92 Å². The van der Waals surface area contributed by atoms with Gasteiger partial charge in [-0.05, 0) is 41.0 Å². The summed E-state index contributed by atoms with van der Waals surface area (Å²) in [6, 6.07) is 0.452. The molecular formula is C13H23BN2O2. The van der Waals surface area contributed by atoms with Gasteiger partial charge < -0.3 is 13.9 Å². The summed E-state index contributed by atoms with van der Waals surface area (Å²) in [5, 5.41) is 0. The molecule has 4 nitrogen and oxygen atoms in total. The van der Waals surface area contributed by atoms with Crippen LogP contribution in [0.4, 0.5) is 0 Å². The Kier molecular flexibility index (Phi) is 3.32. The number of aromatic nitrogens is 2. The van der Waals surface area contributed by atoms with Gasteiger partial charge in [0.25, 0.3) is 0 Å². The van der Waals surface area contributed by atoms with Crippen molar-refractivity contribution in [1.29, 1.82) is 0 Å². The molecule has 1 saturated heterocycles. The van der Waals surface area contributed by atoms with E-state index in [9.17, 15) is 0 Å². The zero-order valence-corrected chi connectivity index (χ0v) is 12.2. The van der Waals surface area contributed by atoms with Crippen LogP contribution in [0.5, 0.6) is 0 Å². The Morgan fingerprint density at radius 1 is 1.28 bits per heavy atom. The number of nitrogens with zero attached hydrogens (tertiary/aromatic N) is 2. The second-order valence-corrected chi connectivity index (χ2v) is 6.09. The highest BCUT2D eigenvalue weighted by molar-refractivity contribution is 6.61. The lowest BCUT2D eigenvalue weighted by Gasteiger charge is -2.32. The van der Waals surface area contributed by atoms with Crippen molar-refractivity contribution in [3.05, 3.63) is 12.5 Å². The Morgan fingerprint density at radius 3 is 2.33 bits per heavy atom. The van der Waals surface area contributed by atoms with Gasteiger partial charge >= 0.3 is 7.12 Å². The Hall–Kier alpha value is -0.805. The first-order valence-corrected chi connectivity index (χ1v) is 6.66. The summed E-state index contributed by atoms with van der Waals surface area (Å²) >= 11 is 0. The predicted octanol–water partition coefficient (Wildman–Crippen LogP) is 2.15. The van der Waals surface area contributed by atoms with Gasteiger partial charge in [0.15, 0.2) is 0 Å². The molecule has 5 heteroatoms. The Bertz CT molecular complexity index is 412. The summed E-state index contributed by atoms with van der Waals surface area (Å²) in [6.07, 6.45) is 4.96. The summed E-state index contributed by atoms with van der Waals surface area (Å²) in [5.74, 6) is 0. The topological polar surface area (TPSA) is 36.3 Å². The van der Waals surface area contributed by atoms with E-state index in [1.165, 1.54) is 0 Å². The molecule has 0 aromatic carbocycles. The molecule has 0 radical (unpaired) electrons. The molecule has 0 aliphatic carbocycles. The molecule has 1 aromatic rings. The molecule has 0 N–H and O–H groups in total. The molecule has 1 unspecified atom stereocenters. The van der Waals surface area contributed by atoms with Crippen molar-refractivity contribution in [1.82, 2.24) is 9.55 Å². The van der Waals surface area contributed by atoms with Gasteiger partial charge in [0.05, 0.1) is 23.1 Å². The number of hydrogen-bond donors (Lipinski definition) is 0. The molecule has 0 spiro atoms. The van der Waals surface area contributed by atoms with E-state index in [-0.39, 0.29) is 18.3 Å². The van der Waals surface area contributed by atoms with Gasteiger partial charge in [0.1, 0.15) is 0 Å². The molecule has 2 heterocycles. The zero-order chi connectivity index (χ0) is 13.6. The van der Waals surface area contributed by atoms with Crippen LogP contribution >= 0.6 is 0 Å². The first kappa shape index (κ1) is 13.6. The predicted molar refractivity (Wildman–Crippen MR) is 72.9 cm³/mol. The zero-order valence-electron chi connectivity index (χ0n) is 12.2. The van der Waals surface area contributed by atoms with Crippen LogP contribution in [0, 0.1) is 0 Å². The fourth-order valence-electron chi connectivity index (χ4n) is 1.89. The molecule has 18 heavy (non-hydrogen) atoms. The SMILES string of the molecule is CCC(C)n1cnc(B2OC(C)(C)C(C)(C)O2)c1. The van der Waals surface area contributed by atoms with E-state index in [1.807, 2.05) is 12.5 Å². The minimum Gasteiger partial charge on any atom is -0.398 e. The smallest absolute Gasteiger partial charge is 0.398 e. The van der Waals surface area contributed by atoms with Crippen LogP contribution in [-0.2, 0) is 9.31 Å². The molecule has 1 aromatic heterocycles. The fourth-order valence-corrected chi connectivity index (χ4v) is 1.89. The number of imidazole rings is 1. The van der Waals surface area contributed by atoms with Gasteiger partial charge in [-0.15, -0.1) is 0 Å². The molecule has 2 rings (SSSR count). The molecule has 0 bridgehead atoms. The normalized spacial score (nSPS) is 23.3. The summed E-state index contributed by atoms with van der Waals surface area (Å²) in [7, 11) is -0.361. The van der Waals surface area contributed by atoms with Gasteiger partial charge in [-0.2, -0.15) is 0 Å². The van der Waals surface area contributed by atoms with Crippen LogP contribution in [0.15, 0.2) is 12.5 Å². The van der Waals surface area contributed by atoms with Crippen LogP contribution in [0.2, 0.25) is 0 Å². The van der Waals surface area contributed by atoms with Crippen LogP contribution in [-0.4, -0.2) is 27.9 Å². The van der Waals surface area contributed by atoms with Crippen LogP contribution in [0.3, 0.4) is 0 Å². The summed E-state index contributed by atoms with van der Waals surface area (Å²) in [6.45, 7) is 12.6. The third kappa shape index (κ3) is 2.21. The Labute approximate surface area is 110 Å². The van der Waals surface area contributed by atoms with E-state index in [0.29, 0.717) is 6.04 Å². The fraction of sp³-hybridized carbons (Fsp3) is 0.769. The molecule has 1 aliphatic heterocycles. The van der Waals surface area contributed by atoms with Crippen LogP contribution in [0.25, 0.3) is 0 Å². The minimum atomic E-state index is -0.361. The molecule has 1 atom stereocenters. The van der Waals surface area contributed by atoms with Gasteiger partial charge in [0, 0.05) is 12.2 Å². The second kappa shape index (κ2) is 4.39. The number of hydrogen-bond acceptors (Lipinski definition) is 3. The first-order valence-electron chi connectivity index (χ1n) is 6.66. The largest absolute Gasteiger partial charge is 0.516 e. The average Bonchev–Trinajstić information content (AvgIpc) is 2.82. The minimum absolute atomic E-state index is 0.308. The molecule has 0 amide bonds. The van der Waals surface area contributed by atoms with E-state index in [4.69, 9.17) is 9.31 Å². The maximum atomic E-state index is 5.98. The molecule has 100 valence electrons.